The second-order valence-corrected chi connectivity index (χ2v) is 5.95. The lowest BCUT2D eigenvalue weighted by molar-refractivity contribution is -0.128. The molecule has 1 aliphatic carbocycles. The quantitative estimate of drug-likeness (QED) is 0.378. The Labute approximate surface area is 157 Å². The largest absolute Gasteiger partial charge is 0.334 e. The fourth-order valence-corrected chi connectivity index (χ4v) is 2.76. The highest BCUT2D eigenvalue weighted by Crippen LogP contribution is 2.44. The predicted molar refractivity (Wildman–Crippen MR) is 108 cm³/mol. The van der Waals surface area contributed by atoms with Gasteiger partial charge in [-0.15, -0.1) is 0 Å². The van der Waals surface area contributed by atoms with Crippen molar-refractivity contribution in [1.82, 2.24) is 4.90 Å². The van der Waals surface area contributed by atoms with E-state index in [1.807, 2.05) is 50.2 Å². The highest BCUT2D eigenvalue weighted by molar-refractivity contribution is 5.98. The molecule has 3 heteroatoms. The predicted octanol–water partition coefficient (Wildman–Crippen LogP) is 5.37. The van der Waals surface area contributed by atoms with Gasteiger partial charge in [0.2, 0.25) is 0 Å². The minimum Gasteiger partial charge on any atom is -0.334 e. The van der Waals surface area contributed by atoms with Gasteiger partial charge in [0.25, 0.3) is 5.91 Å². The van der Waals surface area contributed by atoms with E-state index < -0.39 is 0 Å². The maximum atomic E-state index is 12.8. The Morgan fingerprint density at radius 3 is 2.42 bits per heavy atom. The molecule has 0 saturated heterocycles. The average Bonchev–Trinajstić information content (AvgIpc) is 3.51. The molecule has 1 amide bonds. The van der Waals surface area contributed by atoms with E-state index in [0.29, 0.717) is 11.5 Å². The van der Waals surface area contributed by atoms with Gasteiger partial charge < -0.3 is 4.90 Å². The van der Waals surface area contributed by atoms with E-state index in [9.17, 15) is 10.1 Å². The second kappa shape index (κ2) is 10.9. The van der Waals surface area contributed by atoms with E-state index in [1.165, 1.54) is 6.08 Å². The maximum Gasteiger partial charge on any atom is 0.264 e. The normalized spacial score (nSPS) is 14.6. The fourth-order valence-electron chi connectivity index (χ4n) is 2.76. The second-order valence-electron chi connectivity index (χ2n) is 5.95. The van der Waals surface area contributed by atoms with Crippen molar-refractivity contribution in [2.24, 2.45) is 5.92 Å². The monoisotopic (exact) mass is 348 g/mol. The highest BCUT2D eigenvalue weighted by Gasteiger charge is 2.37. The van der Waals surface area contributed by atoms with E-state index in [0.717, 1.165) is 18.4 Å². The summed E-state index contributed by atoms with van der Waals surface area (Å²) in [6.45, 7) is 11.4. The van der Waals surface area contributed by atoms with E-state index in [1.54, 1.807) is 30.2 Å². The van der Waals surface area contributed by atoms with Crippen LogP contribution in [0.25, 0.3) is 0 Å². The SMILES string of the molecule is C=C/C=C\C(=C)/C=C(/C#N)C(=O)N(C)C(c1ccccc1)C1CC1.CC. The Morgan fingerprint density at radius 1 is 1.31 bits per heavy atom. The first kappa shape index (κ1) is 21.2. The van der Waals surface area contributed by atoms with Crippen LogP contribution in [0.1, 0.15) is 38.3 Å². The first-order valence-electron chi connectivity index (χ1n) is 9.00. The van der Waals surface area contributed by atoms with E-state index in [4.69, 9.17) is 0 Å². The molecule has 26 heavy (non-hydrogen) atoms. The van der Waals surface area contributed by atoms with E-state index in [2.05, 4.69) is 13.2 Å². The molecule has 1 aromatic carbocycles. The first-order chi connectivity index (χ1) is 12.6. The van der Waals surface area contributed by atoms with Crippen molar-refractivity contribution in [3.8, 4) is 6.07 Å². The smallest absolute Gasteiger partial charge is 0.264 e. The summed E-state index contributed by atoms with van der Waals surface area (Å²) in [5.41, 5.74) is 1.80. The van der Waals surface area contributed by atoms with Gasteiger partial charge in [-0.25, -0.2) is 0 Å². The number of nitrogens with zero attached hydrogens (tertiary/aromatic N) is 2. The summed E-state index contributed by atoms with van der Waals surface area (Å²) >= 11 is 0. The molecule has 1 atom stereocenters. The summed E-state index contributed by atoms with van der Waals surface area (Å²) in [5, 5.41) is 9.38. The number of carbonyl (C=O) groups excluding carboxylic acids is 1. The molecule has 1 saturated carbocycles. The van der Waals surface area contributed by atoms with Crippen LogP contribution in [-0.2, 0) is 4.79 Å². The number of amides is 1. The summed E-state index contributed by atoms with van der Waals surface area (Å²) in [5.74, 6) is 0.191. The topological polar surface area (TPSA) is 44.1 Å². The van der Waals surface area contributed by atoms with Crippen LogP contribution < -0.4 is 0 Å². The van der Waals surface area contributed by atoms with Gasteiger partial charge in [-0.05, 0) is 36.0 Å². The molecule has 2 rings (SSSR count). The van der Waals surface area contributed by atoms with Crippen LogP contribution in [-0.4, -0.2) is 17.9 Å². The van der Waals surface area contributed by atoms with Crippen molar-refractivity contribution in [3.63, 3.8) is 0 Å². The Balaban J connectivity index is 0.00000163. The minimum atomic E-state index is -0.272. The van der Waals surface area contributed by atoms with Crippen LogP contribution in [0.3, 0.4) is 0 Å². The van der Waals surface area contributed by atoms with Gasteiger partial charge in [0, 0.05) is 7.05 Å². The molecule has 0 aromatic heterocycles. The van der Waals surface area contributed by atoms with Crippen LogP contribution in [0.15, 0.2) is 78.9 Å². The van der Waals surface area contributed by atoms with Crippen molar-refractivity contribution < 1.29 is 4.79 Å². The standard InChI is InChI=1S/C21H22N2O.C2H6/c1-4-5-9-16(2)14-19(15-22)21(24)23(3)20(18-12-13-18)17-10-7-6-8-11-17;1-2/h4-11,14,18,20H,1-2,12-13H2,3H3;1-2H3/b9-5-,19-14-;. The van der Waals surface area contributed by atoms with Gasteiger partial charge in [-0.3, -0.25) is 4.79 Å². The summed E-state index contributed by atoms with van der Waals surface area (Å²) in [6, 6.07) is 12.0. The van der Waals surface area contributed by atoms with E-state index in [-0.39, 0.29) is 17.5 Å². The number of hydrogen-bond donors (Lipinski definition) is 0. The molecular formula is C23H28N2O. The summed E-state index contributed by atoms with van der Waals surface area (Å²) < 4.78 is 0. The van der Waals surface area contributed by atoms with Crippen LogP contribution in [0, 0.1) is 17.2 Å². The number of hydrogen-bond acceptors (Lipinski definition) is 2. The average molecular weight is 348 g/mol. The lowest BCUT2D eigenvalue weighted by Crippen LogP contribution is -2.33. The summed E-state index contributed by atoms with van der Waals surface area (Å²) in [7, 11) is 1.77. The number of likely N-dealkylation sites (N-methyl/N-ethyl adjacent to an activating group) is 1. The van der Waals surface area contributed by atoms with Crippen molar-refractivity contribution in [1.29, 1.82) is 5.26 Å². The molecule has 0 radical (unpaired) electrons. The van der Waals surface area contributed by atoms with Crippen LogP contribution in [0.4, 0.5) is 0 Å². The number of nitriles is 1. The van der Waals surface area contributed by atoms with Gasteiger partial charge in [0.05, 0.1) is 6.04 Å². The van der Waals surface area contributed by atoms with Gasteiger partial charge in [-0.2, -0.15) is 5.26 Å². The zero-order valence-electron chi connectivity index (χ0n) is 16.0. The molecule has 1 fully saturated rings. The maximum absolute atomic E-state index is 12.8. The third-order valence-corrected chi connectivity index (χ3v) is 4.07. The van der Waals surface area contributed by atoms with Crippen LogP contribution in [0.2, 0.25) is 0 Å². The third-order valence-electron chi connectivity index (χ3n) is 4.07. The summed E-state index contributed by atoms with van der Waals surface area (Å²) in [6.07, 6.45) is 8.80. The Bertz CT molecular complexity index is 718. The van der Waals surface area contributed by atoms with Crippen molar-refractivity contribution in [2.75, 3.05) is 7.05 Å². The number of carbonyl (C=O) groups is 1. The lowest BCUT2D eigenvalue weighted by Gasteiger charge is -2.28. The Morgan fingerprint density at radius 2 is 1.92 bits per heavy atom. The molecule has 136 valence electrons. The van der Waals surface area contributed by atoms with E-state index >= 15 is 0 Å². The van der Waals surface area contributed by atoms with Crippen molar-refractivity contribution in [3.05, 3.63) is 84.5 Å². The fraction of sp³-hybridized carbons (Fsp3) is 0.304. The zero-order valence-corrected chi connectivity index (χ0v) is 16.0. The molecule has 0 N–H and O–H groups in total. The third kappa shape index (κ3) is 5.89. The lowest BCUT2D eigenvalue weighted by atomic mass is 10.00. The molecule has 1 aliphatic rings. The molecule has 0 heterocycles. The van der Waals surface area contributed by atoms with Crippen molar-refractivity contribution in [2.45, 2.75) is 32.7 Å². The molecule has 1 unspecified atom stereocenters. The molecule has 3 nitrogen and oxygen atoms in total. The molecule has 1 aromatic rings. The number of benzene rings is 1. The Hall–Kier alpha value is -2.86. The Kier molecular flexibility index (Phi) is 8.87. The minimum absolute atomic E-state index is 0.00688. The van der Waals surface area contributed by atoms with Crippen molar-refractivity contribution >= 4 is 5.91 Å². The summed E-state index contributed by atoms with van der Waals surface area (Å²) in [4.78, 5) is 14.5. The molecule has 0 spiro atoms. The van der Waals surface area contributed by atoms with Gasteiger partial charge in [0.15, 0.2) is 0 Å². The number of rotatable bonds is 7. The molecule has 0 aliphatic heterocycles. The van der Waals surface area contributed by atoms with Gasteiger partial charge >= 0.3 is 0 Å². The first-order valence-corrected chi connectivity index (χ1v) is 9.00. The van der Waals surface area contributed by atoms with Gasteiger partial charge in [0.1, 0.15) is 11.6 Å². The highest BCUT2D eigenvalue weighted by atomic mass is 16.2. The molecular weight excluding hydrogens is 320 g/mol. The van der Waals surface area contributed by atoms with Crippen LogP contribution in [0.5, 0.6) is 0 Å². The molecule has 0 bridgehead atoms. The van der Waals surface area contributed by atoms with Crippen LogP contribution >= 0.6 is 0 Å². The zero-order chi connectivity index (χ0) is 19.5. The van der Waals surface area contributed by atoms with Gasteiger partial charge in [-0.1, -0.05) is 75.6 Å². The number of allylic oxidation sites excluding steroid dienone is 5.